The molecule has 0 spiro atoms. The third-order valence-corrected chi connectivity index (χ3v) is 4.79. The van der Waals surface area contributed by atoms with Crippen molar-refractivity contribution in [3.8, 4) is 0 Å². The number of aryl methyl sites for hydroxylation is 1. The molecule has 1 aliphatic heterocycles. The molecule has 2 heterocycles. The van der Waals surface area contributed by atoms with Gasteiger partial charge in [0.25, 0.3) is 0 Å². The summed E-state index contributed by atoms with van der Waals surface area (Å²) in [5, 5.41) is 4.55. The van der Waals surface area contributed by atoms with E-state index in [1.165, 1.54) is 37.1 Å². The third kappa shape index (κ3) is 3.04. The smallest absolute Gasteiger partial charge is 0.0907 e. The van der Waals surface area contributed by atoms with Crippen LogP contribution in [0.2, 0.25) is 0 Å². The highest BCUT2D eigenvalue weighted by atomic mass is 32.1. The second-order valence-electron chi connectivity index (χ2n) is 5.47. The summed E-state index contributed by atoms with van der Waals surface area (Å²) in [6, 6.07) is 4.10. The number of anilines is 2. The maximum Gasteiger partial charge on any atom is 0.0907 e. The van der Waals surface area contributed by atoms with Crippen molar-refractivity contribution >= 4 is 32.9 Å². The van der Waals surface area contributed by atoms with Crippen LogP contribution in [0.1, 0.15) is 24.3 Å². The Morgan fingerprint density at radius 2 is 2.10 bits per heavy atom. The molecule has 5 heteroatoms. The molecule has 0 amide bonds. The Hall–Kier alpha value is -1.33. The number of aromatic nitrogens is 1. The predicted octanol–water partition coefficient (Wildman–Crippen LogP) is 3.08. The van der Waals surface area contributed by atoms with E-state index in [1.807, 2.05) is 13.0 Å². The minimum Gasteiger partial charge on any atom is -0.397 e. The minimum absolute atomic E-state index is 0.819. The molecule has 1 aromatic carbocycles. The first-order chi connectivity index (χ1) is 9.72. The van der Waals surface area contributed by atoms with Crippen molar-refractivity contribution in [1.82, 2.24) is 9.88 Å². The molecular weight excluding hydrogens is 268 g/mol. The fourth-order valence-corrected chi connectivity index (χ4v) is 3.65. The fourth-order valence-electron chi connectivity index (χ4n) is 2.79. The Kier molecular flexibility index (Phi) is 4.08. The molecule has 1 fully saturated rings. The van der Waals surface area contributed by atoms with Crippen LogP contribution in [0.3, 0.4) is 0 Å². The molecule has 1 aromatic heterocycles. The van der Waals surface area contributed by atoms with E-state index in [9.17, 15) is 0 Å². The monoisotopic (exact) mass is 290 g/mol. The summed E-state index contributed by atoms with van der Waals surface area (Å²) >= 11 is 1.69. The normalized spacial score (nSPS) is 16.6. The van der Waals surface area contributed by atoms with Gasteiger partial charge in [0.2, 0.25) is 0 Å². The number of nitrogens with one attached hydrogen (secondary N) is 1. The van der Waals surface area contributed by atoms with Crippen LogP contribution in [-0.2, 0) is 0 Å². The van der Waals surface area contributed by atoms with E-state index < -0.39 is 0 Å². The first kappa shape index (κ1) is 13.6. The van der Waals surface area contributed by atoms with Crippen molar-refractivity contribution in [2.75, 3.05) is 37.2 Å². The van der Waals surface area contributed by atoms with Crippen molar-refractivity contribution in [1.29, 1.82) is 0 Å². The molecule has 4 nitrogen and oxygen atoms in total. The van der Waals surface area contributed by atoms with Crippen LogP contribution in [-0.4, -0.2) is 36.1 Å². The summed E-state index contributed by atoms with van der Waals surface area (Å²) in [4.78, 5) is 7.05. The molecule has 2 aromatic rings. The molecule has 1 saturated heterocycles. The van der Waals surface area contributed by atoms with E-state index in [4.69, 9.17) is 5.73 Å². The van der Waals surface area contributed by atoms with Gasteiger partial charge in [-0.15, -0.1) is 11.3 Å². The lowest BCUT2D eigenvalue weighted by Gasteiger charge is -2.26. The molecule has 0 bridgehead atoms. The van der Waals surface area contributed by atoms with Crippen molar-refractivity contribution in [2.45, 2.75) is 26.2 Å². The number of nitrogens with zero attached hydrogens (tertiary/aromatic N) is 2. The second kappa shape index (κ2) is 5.97. The van der Waals surface area contributed by atoms with Gasteiger partial charge in [0, 0.05) is 13.1 Å². The van der Waals surface area contributed by atoms with E-state index in [1.54, 1.807) is 11.3 Å². The maximum absolute atomic E-state index is 6.12. The van der Waals surface area contributed by atoms with Gasteiger partial charge >= 0.3 is 0 Å². The van der Waals surface area contributed by atoms with E-state index >= 15 is 0 Å². The molecule has 1 aliphatic rings. The predicted molar refractivity (Wildman–Crippen MR) is 87.6 cm³/mol. The quantitative estimate of drug-likeness (QED) is 0.850. The van der Waals surface area contributed by atoms with Gasteiger partial charge in [-0.2, -0.15) is 0 Å². The lowest BCUT2D eigenvalue weighted by Crippen LogP contribution is -2.33. The van der Waals surface area contributed by atoms with Gasteiger partial charge in [-0.05, 0) is 45.0 Å². The number of fused-ring (bicyclic) bond motifs is 1. The van der Waals surface area contributed by atoms with E-state index in [-0.39, 0.29) is 0 Å². The summed E-state index contributed by atoms with van der Waals surface area (Å²) in [5.74, 6) is 0. The Labute approximate surface area is 124 Å². The summed E-state index contributed by atoms with van der Waals surface area (Å²) in [6.45, 7) is 6.54. The standard InChI is InChI=1S/C15H22N4S/c1-11-18-14-10-13(12(16)9-15(14)20-11)17-5-8-19-6-3-2-4-7-19/h9-10,17H,2-8,16H2,1H3. The average molecular weight is 290 g/mol. The number of nitrogen functional groups attached to an aromatic ring is 1. The van der Waals surface area contributed by atoms with E-state index in [0.29, 0.717) is 0 Å². The lowest BCUT2D eigenvalue weighted by atomic mass is 10.1. The highest BCUT2D eigenvalue weighted by molar-refractivity contribution is 7.18. The van der Waals surface area contributed by atoms with E-state index in [2.05, 4.69) is 21.3 Å². The highest BCUT2D eigenvalue weighted by Crippen LogP contribution is 2.29. The number of hydrogen-bond acceptors (Lipinski definition) is 5. The van der Waals surface area contributed by atoms with Crippen LogP contribution in [0.4, 0.5) is 11.4 Å². The molecule has 108 valence electrons. The van der Waals surface area contributed by atoms with Gasteiger partial charge in [0.05, 0.1) is 26.6 Å². The van der Waals surface area contributed by atoms with Gasteiger partial charge < -0.3 is 16.0 Å². The number of benzene rings is 1. The van der Waals surface area contributed by atoms with Crippen LogP contribution in [0, 0.1) is 6.92 Å². The van der Waals surface area contributed by atoms with Gasteiger partial charge in [-0.1, -0.05) is 6.42 Å². The van der Waals surface area contributed by atoms with Gasteiger partial charge in [-0.3, -0.25) is 0 Å². The van der Waals surface area contributed by atoms with Crippen molar-refractivity contribution < 1.29 is 0 Å². The zero-order chi connectivity index (χ0) is 13.9. The number of piperidine rings is 1. The van der Waals surface area contributed by atoms with Crippen molar-refractivity contribution in [3.05, 3.63) is 17.1 Å². The number of thiazole rings is 1. The van der Waals surface area contributed by atoms with Gasteiger partial charge in [0.1, 0.15) is 0 Å². The molecule has 0 unspecified atom stereocenters. The Morgan fingerprint density at radius 1 is 1.30 bits per heavy atom. The molecule has 0 saturated carbocycles. The van der Waals surface area contributed by atoms with Gasteiger partial charge in [-0.25, -0.2) is 4.98 Å². The van der Waals surface area contributed by atoms with Crippen LogP contribution in [0.25, 0.3) is 10.2 Å². The zero-order valence-corrected chi connectivity index (χ0v) is 12.8. The molecule has 3 rings (SSSR count). The number of nitrogens with two attached hydrogens (primary N) is 1. The molecule has 0 atom stereocenters. The Balaban J connectivity index is 1.62. The molecule has 0 radical (unpaired) electrons. The molecule has 0 aliphatic carbocycles. The first-order valence-corrected chi connectivity index (χ1v) is 8.17. The fraction of sp³-hybridized carbons (Fsp3) is 0.533. The van der Waals surface area contributed by atoms with Gasteiger partial charge in [0.15, 0.2) is 0 Å². The average Bonchev–Trinajstić information content (AvgIpc) is 2.79. The highest BCUT2D eigenvalue weighted by Gasteiger charge is 2.10. The van der Waals surface area contributed by atoms with Crippen molar-refractivity contribution in [3.63, 3.8) is 0 Å². The number of hydrogen-bond donors (Lipinski definition) is 2. The number of likely N-dealkylation sites (tertiary alicyclic amines) is 1. The SMILES string of the molecule is Cc1nc2cc(NCCN3CCCCC3)c(N)cc2s1. The molecular formula is C15H22N4S. The summed E-state index contributed by atoms with van der Waals surface area (Å²) < 4.78 is 1.17. The first-order valence-electron chi connectivity index (χ1n) is 7.35. The van der Waals surface area contributed by atoms with Crippen molar-refractivity contribution in [2.24, 2.45) is 0 Å². The lowest BCUT2D eigenvalue weighted by molar-refractivity contribution is 0.237. The summed E-state index contributed by atoms with van der Waals surface area (Å²) in [7, 11) is 0. The zero-order valence-electron chi connectivity index (χ0n) is 12.0. The van der Waals surface area contributed by atoms with E-state index in [0.717, 1.165) is 35.0 Å². The minimum atomic E-state index is 0.819. The Morgan fingerprint density at radius 3 is 2.90 bits per heavy atom. The summed E-state index contributed by atoms with van der Waals surface area (Å²) in [6.07, 6.45) is 4.06. The molecule has 3 N–H and O–H groups in total. The molecule has 20 heavy (non-hydrogen) atoms. The van der Waals surface area contributed by atoms with Crippen LogP contribution in [0.5, 0.6) is 0 Å². The maximum atomic E-state index is 6.12. The van der Waals surface area contributed by atoms with Crippen LogP contribution < -0.4 is 11.1 Å². The summed E-state index contributed by atoms with van der Waals surface area (Å²) in [5.41, 5.74) is 8.99. The largest absolute Gasteiger partial charge is 0.397 e. The second-order valence-corrected chi connectivity index (χ2v) is 6.70. The Bertz CT molecular complexity index is 587. The third-order valence-electron chi connectivity index (χ3n) is 3.86. The topological polar surface area (TPSA) is 54.2 Å². The van der Waals surface area contributed by atoms with Crippen LogP contribution in [0.15, 0.2) is 12.1 Å². The van der Waals surface area contributed by atoms with Crippen LogP contribution >= 0.6 is 11.3 Å². The number of rotatable bonds is 4.